The minimum atomic E-state index is -0.238. The van der Waals surface area contributed by atoms with E-state index in [1.807, 2.05) is 55.5 Å². The molecular formula is C21H17BrN2O2. The zero-order valence-corrected chi connectivity index (χ0v) is 15.7. The van der Waals surface area contributed by atoms with E-state index in [0.29, 0.717) is 22.5 Å². The summed E-state index contributed by atoms with van der Waals surface area (Å²) in [6, 6.07) is 21.6. The van der Waals surface area contributed by atoms with Gasteiger partial charge in [-0.15, -0.1) is 0 Å². The highest BCUT2D eigenvalue weighted by Crippen LogP contribution is 2.20. The quantitative estimate of drug-likeness (QED) is 0.618. The van der Waals surface area contributed by atoms with Crippen molar-refractivity contribution in [2.45, 2.75) is 6.92 Å². The largest absolute Gasteiger partial charge is 0.322 e. The fraction of sp³-hybridized carbons (Fsp3) is 0.0476. The second kappa shape index (κ2) is 7.97. The number of rotatable bonds is 4. The molecule has 130 valence electrons. The van der Waals surface area contributed by atoms with Crippen LogP contribution in [0.4, 0.5) is 11.4 Å². The van der Waals surface area contributed by atoms with Gasteiger partial charge in [0, 0.05) is 27.0 Å². The Hall–Kier alpha value is -2.92. The number of halogens is 1. The first-order valence-corrected chi connectivity index (χ1v) is 8.86. The number of hydrogen-bond acceptors (Lipinski definition) is 2. The molecule has 0 aliphatic rings. The summed E-state index contributed by atoms with van der Waals surface area (Å²) in [5.74, 6) is -0.448. The topological polar surface area (TPSA) is 58.2 Å². The summed E-state index contributed by atoms with van der Waals surface area (Å²) >= 11 is 3.38. The van der Waals surface area contributed by atoms with Crippen LogP contribution in [-0.2, 0) is 0 Å². The van der Waals surface area contributed by atoms with Crippen LogP contribution in [0.2, 0.25) is 0 Å². The summed E-state index contributed by atoms with van der Waals surface area (Å²) in [5.41, 5.74) is 3.23. The number of benzene rings is 3. The molecule has 0 heterocycles. The van der Waals surface area contributed by atoms with Crippen molar-refractivity contribution >= 4 is 39.1 Å². The van der Waals surface area contributed by atoms with E-state index < -0.39 is 0 Å². The number of amides is 2. The van der Waals surface area contributed by atoms with Crippen molar-refractivity contribution in [2.75, 3.05) is 10.6 Å². The number of nitrogens with one attached hydrogen (secondary N) is 2. The van der Waals surface area contributed by atoms with Crippen LogP contribution in [0.3, 0.4) is 0 Å². The Labute approximate surface area is 160 Å². The van der Waals surface area contributed by atoms with Crippen LogP contribution in [0, 0.1) is 6.92 Å². The van der Waals surface area contributed by atoms with Gasteiger partial charge < -0.3 is 10.6 Å². The zero-order valence-electron chi connectivity index (χ0n) is 14.1. The monoisotopic (exact) mass is 408 g/mol. The molecule has 0 saturated carbocycles. The van der Waals surface area contributed by atoms with E-state index in [0.717, 1.165) is 10.0 Å². The molecule has 3 aromatic carbocycles. The molecule has 0 radical (unpaired) electrons. The summed E-state index contributed by atoms with van der Waals surface area (Å²) < 4.78 is 0.884. The fourth-order valence-electron chi connectivity index (χ4n) is 2.45. The maximum absolute atomic E-state index is 12.5. The molecule has 5 heteroatoms. The lowest BCUT2D eigenvalue weighted by Gasteiger charge is -2.11. The summed E-state index contributed by atoms with van der Waals surface area (Å²) in [7, 11) is 0. The van der Waals surface area contributed by atoms with Crippen molar-refractivity contribution in [1.82, 2.24) is 0 Å². The molecule has 0 aliphatic carbocycles. The van der Waals surface area contributed by atoms with Crippen LogP contribution in [0.1, 0.15) is 26.3 Å². The highest BCUT2D eigenvalue weighted by Gasteiger charge is 2.12. The van der Waals surface area contributed by atoms with Crippen LogP contribution in [0.5, 0.6) is 0 Å². The van der Waals surface area contributed by atoms with Gasteiger partial charge in [-0.1, -0.05) is 46.3 Å². The predicted molar refractivity (Wildman–Crippen MR) is 108 cm³/mol. The molecule has 2 N–H and O–H groups in total. The standard InChI is InChI=1S/C21H17BrN2O2/c1-14-10-11-16(21(26)23-18-9-5-8-17(22)13-18)12-19(14)24-20(25)15-6-3-2-4-7-15/h2-13H,1H3,(H,23,26)(H,24,25). The molecule has 0 unspecified atom stereocenters. The highest BCUT2D eigenvalue weighted by molar-refractivity contribution is 9.10. The van der Waals surface area contributed by atoms with Gasteiger partial charge >= 0.3 is 0 Å². The maximum Gasteiger partial charge on any atom is 0.255 e. The molecule has 0 saturated heterocycles. The molecule has 0 atom stereocenters. The Morgan fingerprint density at radius 3 is 2.23 bits per heavy atom. The van der Waals surface area contributed by atoms with Gasteiger partial charge in [-0.3, -0.25) is 9.59 Å². The summed E-state index contributed by atoms with van der Waals surface area (Å²) in [6.45, 7) is 1.89. The van der Waals surface area contributed by atoms with E-state index >= 15 is 0 Å². The number of aryl methyl sites for hydroxylation is 1. The van der Waals surface area contributed by atoms with Gasteiger partial charge in [0.2, 0.25) is 0 Å². The Balaban J connectivity index is 1.79. The molecule has 4 nitrogen and oxygen atoms in total. The van der Waals surface area contributed by atoms with Crippen LogP contribution >= 0.6 is 15.9 Å². The lowest BCUT2D eigenvalue weighted by atomic mass is 10.1. The zero-order chi connectivity index (χ0) is 18.5. The van der Waals surface area contributed by atoms with E-state index in [1.54, 1.807) is 24.3 Å². The fourth-order valence-corrected chi connectivity index (χ4v) is 2.85. The SMILES string of the molecule is Cc1ccc(C(=O)Nc2cccc(Br)c2)cc1NC(=O)c1ccccc1. The molecule has 3 rings (SSSR count). The second-order valence-electron chi connectivity index (χ2n) is 5.81. The smallest absolute Gasteiger partial charge is 0.255 e. The summed E-state index contributed by atoms with van der Waals surface area (Å²) in [6.07, 6.45) is 0. The van der Waals surface area contributed by atoms with Gasteiger partial charge in [-0.2, -0.15) is 0 Å². The first-order valence-electron chi connectivity index (χ1n) is 8.07. The lowest BCUT2D eigenvalue weighted by Crippen LogP contribution is -2.15. The molecule has 0 aromatic heterocycles. The van der Waals surface area contributed by atoms with E-state index in [4.69, 9.17) is 0 Å². The number of carbonyl (C=O) groups excluding carboxylic acids is 2. The van der Waals surface area contributed by atoms with E-state index in [2.05, 4.69) is 26.6 Å². The van der Waals surface area contributed by atoms with Gasteiger partial charge in [0.05, 0.1) is 0 Å². The first kappa shape index (κ1) is 17.9. The second-order valence-corrected chi connectivity index (χ2v) is 6.73. The van der Waals surface area contributed by atoms with Gasteiger partial charge in [-0.05, 0) is 55.0 Å². The van der Waals surface area contributed by atoms with Gasteiger partial charge in [0.15, 0.2) is 0 Å². The maximum atomic E-state index is 12.5. The van der Waals surface area contributed by atoms with Crippen molar-refractivity contribution in [3.63, 3.8) is 0 Å². The molecular weight excluding hydrogens is 392 g/mol. The lowest BCUT2D eigenvalue weighted by molar-refractivity contribution is 0.101. The molecule has 0 bridgehead atoms. The third kappa shape index (κ3) is 4.37. The van der Waals surface area contributed by atoms with Crippen molar-refractivity contribution in [2.24, 2.45) is 0 Å². The third-order valence-corrected chi connectivity index (χ3v) is 4.36. The number of carbonyl (C=O) groups is 2. The molecule has 0 fully saturated rings. The van der Waals surface area contributed by atoms with E-state index in [9.17, 15) is 9.59 Å². The summed E-state index contributed by atoms with van der Waals surface area (Å²) in [4.78, 5) is 24.9. The van der Waals surface area contributed by atoms with E-state index in [-0.39, 0.29) is 11.8 Å². The Kier molecular flexibility index (Phi) is 5.49. The van der Waals surface area contributed by atoms with Crippen LogP contribution in [-0.4, -0.2) is 11.8 Å². The predicted octanol–water partition coefficient (Wildman–Crippen LogP) is 5.26. The normalized spacial score (nSPS) is 10.2. The van der Waals surface area contributed by atoms with E-state index in [1.165, 1.54) is 0 Å². The molecule has 0 spiro atoms. The highest BCUT2D eigenvalue weighted by atomic mass is 79.9. The first-order chi connectivity index (χ1) is 12.5. The molecule has 2 amide bonds. The molecule has 26 heavy (non-hydrogen) atoms. The molecule has 0 aliphatic heterocycles. The van der Waals surface area contributed by atoms with Crippen molar-refractivity contribution in [3.8, 4) is 0 Å². The average molecular weight is 409 g/mol. The van der Waals surface area contributed by atoms with Crippen LogP contribution in [0.15, 0.2) is 77.3 Å². The van der Waals surface area contributed by atoms with Crippen molar-refractivity contribution in [1.29, 1.82) is 0 Å². The van der Waals surface area contributed by atoms with Gasteiger partial charge in [0.25, 0.3) is 11.8 Å². The Bertz CT molecular complexity index is 955. The molecule has 3 aromatic rings. The Morgan fingerprint density at radius 2 is 1.50 bits per heavy atom. The average Bonchev–Trinajstić information content (AvgIpc) is 2.64. The van der Waals surface area contributed by atoms with Crippen molar-refractivity contribution in [3.05, 3.63) is 94.0 Å². The van der Waals surface area contributed by atoms with Gasteiger partial charge in [0.1, 0.15) is 0 Å². The summed E-state index contributed by atoms with van der Waals surface area (Å²) in [5, 5.41) is 5.72. The number of anilines is 2. The Morgan fingerprint density at radius 1 is 0.769 bits per heavy atom. The third-order valence-electron chi connectivity index (χ3n) is 3.87. The number of hydrogen-bond donors (Lipinski definition) is 2. The van der Waals surface area contributed by atoms with Crippen molar-refractivity contribution < 1.29 is 9.59 Å². The minimum absolute atomic E-state index is 0.210. The van der Waals surface area contributed by atoms with Crippen LogP contribution in [0.25, 0.3) is 0 Å². The van der Waals surface area contributed by atoms with Gasteiger partial charge in [-0.25, -0.2) is 0 Å². The van der Waals surface area contributed by atoms with Crippen LogP contribution < -0.4 is 10.6 Å². The minimum Gasteiger partial charge on any atom is -0.322 e.